The van der Waals surface area contributed by atoms with Gasteiger partial charge >= 0.3 is 5.97 Å². The highest BCUT2D eigenvalue weighted by atomic mass is 35.5. The van der Waals surface area contributed by atoms with Gasteiger partial charge in [0.2, 0.25) is 5.91 Å². The molecule has 1 aliphatic heterocycles. The summed E-state index contributed by atoms with van der Waals surface area (Å²) in [4.78, 5) is 48.6. The fourth-order valence-electron chi connectivity index (χ4n) is 2.40. The molecule has 0 aliphatic carbocycles. The number of halogens is 2. The largest absolute Gasteiger partial charge is 0.422 e. The number of carbonyl (C=O) groups is 4. The Morgan fingerprint density at radius 3 is 2.38 bits per heavy atom. The number of thioether (sulfide) groups is 1. The quantitative estimate of drug-likeness (QED) is 0.422. The maximum absolute atomic E-state index is 12.4. The number of hydrogen-bond acceptors (Lipinski definition) is 6. The third kappa shape index (κ3) is 4.97. The number of rotatable bonds is 5. The third-order valence-corrected chi connectivity index (χ3v) is 5.12. The molecule has 0 radical (unpaired) electrons. The van der Waals surface area contributed by atoms with Crippen LogP contribution in [0.1, 0.15) is 15.9 Å². The monoisotopic (exact) mass is 450 g/mol. The van der Waals surface area contributed by atoms with Crippen molar-refractivity contribution in [2.75, 3.05) is 6.54 Å². The number of imide groups is 1. The summed E-state index contributed by atoms with van der Waals surface area (Å²) in [6.45, 7) is -0.518. The molecule has 0 atom stereocenters. The van der Waals surface area contributed by atoms with Gasteiger partial charge in [0.25, 0.3) is 11.1 Å². The predicted molar refractivity (Wildman–Crippen MR) is 110 cm³/mol. The first-order chi connectivity index (χ1) is 13.7. The van der Waals surface area contributed by atoms with E-state index < -0.39 is 29.6 Å². The average Bonchev–Trinajstić information content (AvgIpc) is 2.91. The van der Waals surface area contributed by atoms with Crippen molar-refractivity contribution in [1.29, 1.82) is 0 Å². The van der Waals surface area contributed by atoms with Gasteiger partial charge in [0, 0.05) is 15.6 Å². The number of benzene rings is 2. The maximum Gasteiger partial charge on any atom is 0.343 e. The van der Waals surface area contributed by atoms with E-state index in [-0.39, 0.29) is 16.2 Å². The Balaban J connectivity index is 1.89. The van der Waals surface area contributed by atoms with E-state index in [1.807, 2.05) is 0 Å². The molecule has 2 aromatic carbocycles. The number of esters is 1. The number of nitrogens with two attached hydrogens (primary N) is 1. The minimum absolute atomic E-state index is 0.0438. The Labute approximate surface area is 179 Å². The number of carbonyl (C=O) groups excluding carboxylic acids is 4. The van der Waals surface area contributed by atoms with Gasteiger partial charge in [-0.15, -0.1) is 0 Å². The number of nitrogens with zero attached hydrogens (tertiary/aromatic N) is 1. The van der Waals surface area contributed by atoms with E-state index >= 15 is 0 Å². The van der Waals surface area contributed by atoms with Gasteiger partial charge in [-0.05, 0) is 60.3 Å². The number of amides is 3. The number of ether oxygens (including phenoxy) is 1. The van der Waals surface area contributed by atoms with Gasteiger partial charge in [-0.1, -0.05) is 23.2 Å². The minimum Gasteiger partial charge on any atom is -0.422 e. The lowest BCUT2D eigenvalue weighted by Crippen LogP contribution is -2.36. The minimum atomic E-state index is -0.811. The molecule has 0 bridgehead atoms. The molecule has 2 aromatic rings. The normalized spacial score (nSPS) is 15.1. The Kier molecular flexibility index (Phi) is 6.26. The van der Waals surface area contributed by atoms with Crippen LogP contribution >= 0.6 is 35.0 Å². The fourth-order valence-corrected chi connectivity index (χ4v) is 3.54. The summed E-state index contributed by atoms with van der Waals surface area (Å²) in [6.07, 6.45) is 1.36. The topological polar surface area (TPSA) is 107 Å². The zero-order valence-corrected chi connectivity index (χ0v) is 16.9. The van der Waals surface area contributed by atoms with Crippen LogP contribution in [0, 0.1) is 0 Å². The van der Waals surface area contributed by atoms with Crippen LogP contribution < -0.4 is 10.5 Å². The van der Waals surface area contributed by atoms with E-state index in [1.165, 1.54) is 36.4 Å². The van der Waals surface area contributed by atoms with Crippen molar-refractivity contribution >= 4 is 64.1 Å². The van der Waals surface area contributed by atoms with Crippen LogP contribution in [-0.2, 0) is 9.59 Å². The summed E-state index contributed by atoms with van der Waals surface area (Å²) in [5, 5.41) is 0.182. The van der Waals surface area contributed by atoms with Gasteiger partial charge in [-0.2, -0.15) is 0 Å². The fraction of sp³-hybridized carbons (Fsp3) is 0.0526. The summed E-state index contributed by atoms with van der Waals surface area (Å²) in [7, 11) is 0. The predicted octanol–water partition coefficient (Wildman–Crippen LogP) is 3.73. The van der Waals surface area contributed by atoms with E-state index in [4.69, 9.17) is 33.7 Å². The van der Waals surface area contributed by atoms with E-state index in [1.54, 1.807) is 12.1 Å². The van der Waals surface area contributed by atoms with Gasteiger partial charge < -0.3 is 10.5 Å². The molecule has 29 heavy (non-hydrogen) atoms. The molecule has 0 spiro atoms. The molecule has 7 nitrogen and oxygen atoms in total. The molecule has 1 saturated heterocycles. The van der Waals surface area contributed by atoms with Gasteiger partial charge in [0.1, 0.15) is 12.3 Å². The van der Waals surface area contributed by atoms with Gasteiger partial charge in [0.15, 0.2) is 0 Å². The lowest BCUT2D eigenvalue weighted by atomic mass is 10.1. The zero-order valence-electron chi connectivity index (χ0n) is 14.6. The van der Waals surface area contributed by atoms with E-state index in [9.17, 15) is 19.2 Å². The standard InChI is InChI=1S/C19H12Cl2N2O5S/c20-12-3-1-10(2-4-12)18(26)28-14-6-5-13(21)7-11(14)8-15-17(25)23(9-16(22)24)19(27)29-15/h1-8H,9H2,(H2,22,24)/b15-8-. The Hall–Kier alpha value is -2.81. The Bertz CT molecular complexity index is 1050. The van der Waals surface area contributed by atoms with E-state index in [2.05, 4.69) is 0 Å². The first-order valence-electron chi connectivity index (χ1n) is 8.05. The molecule has 1 aliphatic rings. The molecule has 3 rings (SSSR count). The van der Waals surface area contributed by atoms with Crippen molar-refractivity contribution in [2.24, 2.45) is 5.73 Å². The highest BCUT2D eigenvalue weighted by Crippen LogP contribution is 2.34. The molecule has 0 saturated carbocycles. The third-order valence-electron chi connectivity index (χ3n) is 3.73. The molecule has 0 unspecified atom stereocenters. The highest BCUT2D eigenvalue weighted by Gasteiger charge is 2.36. The highest BCUT2D eigenvalue weighted by molar-refractivity contribution is 8.18. The van der Waals surface area contributed by atoms with Crippen LogP contribution in [0.4, 0.5) is 4.79 Å². The SMILES string of the molecule is NC(=O)CN1C(=O)S/C(=C\c2cc(Cl)ccc2OC(=O)c2ccc(Cl)cc2)C1=O. The van der Waals surface area contributed by atoms with Crippen LogP contribution in [-0.4, -0.2) is 34.5 Å². The van der Waals surface area contributed by atoms with Crippen LogP contribution in [0.5, 0.6) is 5.75 Å². The number of primary amides is 1. The second-order valence-corrected chi connectivity index (χ2v) is 7.68. The average molecular weight is 451 g/mol. The van der Waals surface area contributed by atoms with E-state index in [0.29, 0.717) is 27.4 Å². The van der Waals surface area contributed by atoms with Gasteiger partial charge in [0.05, 0.1) is 10.5 Å². The summed E-state index contributed by atoms with van der Waals surface area (Å²) < 4.78 is 5.41. The zero-order chi connectivity index (χ0) is 21.1. The first kappa shape index (κ1) is 20.9. The summed E-state index contributed by atoms with van der Waals surface area (Å²) >= 11 is 12.5. The molecule has 10 heteroatoms. The molecule has 2 N–H and O–H groups in total. The van der Waals surface area contributed by atoms with Crippen LogP contribution in [0.15, 0.2) is 47.4 Å². The van der Waals surface area contributed by atoms with Crippen molar-refractivity contribution in [1.82, 2.24) is 4.90 Å². The van der Waals surface area contributed by atoms with Gasteiger partial charge in [-0.25, -0.2) is 4.79 Å². The van der Waals surface area contributed by atoms with Crippen molar-refractivity contribution in [3.63, 3.8) is 0 Å². The summed E-state index contributed by atoms with van der Waals surface area (Å²) in [6, 6.07) is 10.6. The Morgan fingerprint density at radius 2 is 1.72 bits per heavy atom. The first-order valence-corrected chi connectivity index (χ1v) is 9.63. The molecule has 1 fully saturated rings. The molecular weight excluding hydrogens is 439 g/mol. The van der Waals surface area contributed by atoms with Crippen molar-refractivity contribution < 1.29 is 23.9 Å². The molecule has 3 amide bonds. The number of hydrogen-bond donors (Lipinski definition) is 1. The molecule has 148 valence electrons. The molecule has 1 heterocycles. The maximum atomic E-state index is 12.4. The van der Waals surface area contributed by atoms with E-state index in [0.717, 1.165) is 4.90 Å². The lowest BCUT2D eigenvalue weighted by Gasteiger charge is -2.10. The van der Waals surface area contributed by atoms with Crippen LogP contribution in [0.2, 0.25) is 10.0 Å². The second kappa shape index (κ2) is 8.69. The van der Waals surface area contributed by atoms with Crippen molar-refractivity contribution in [2.45, 2.75) is 0 Å². The van der Waals surface area contributed by atoms with Crippen molar-refractivity contribution in [3.8, 4) is 5.75 Å². The van der Waals surface area contributed by atoms with Gasteiger partial charge in [-0.3, -0.25) is 19.3 Å². The van der Waals surface area contributed by atoms with Crippen molar-refractivity contribution in [3.05, 3.63) is 68.5 Å². The van der Waals surface area contributed by atoms with Crippen LogP contribution in [0.25, 0.3) is 6.08 Å². The Morgan fingerprint density at radius 1 is 1.07 bits per heavy atom. The molecule has 0 aromatic heterocycles. The molecular formula is C19H12Cl2N2O5S. The smallest absolute Gasteiger partial charge is 0.343 e. The summed E-state index contributed by atoms with van der Waals surface area (Å²) in [5.74, 6) is -1.99. The van der Waals surface area contributed by atoms with Crippen LogP contribution in [0.3, 0.4) is 0 Å². The lowest BCUT2D eigenvalue weighted by molar-refractivity contribution is -0.127. The second-order valence-electron chi connectivity index (χ2n) is 5.81. The summed E-state index contributed by atoms with van der Waals surface area (Å²) in [5.41, 5.74) is 5.65.